The number of hydrogen-bond acceptors (Lipinski definition) is 4. The Hall–Kier alpha value is -2.66. The molecule has 0 radical (unpaired) electrons. The van der Waals surface area contributed by atoms with Crippen molar-refractivity contribution in [2.75, 3.05) is 18.5 Å². The summed E-state index contributed by atoms with van der Waals surface area (Å²) in [5, 5.41) is 12.6. The number of carboxylic acids is 1. The SMILES string of the molecule is CC(C)(CCCNc1cccc(C=Cc2cccc(COCCCCC3CCCCC3)n2)c1)C(=O)O. The smallest absolute Gasteiger partial charge is 0.309 e. The molecule has 2 aromatic rings. The van der Waals surface area contributed by atoms with Crippen LogP contribution in [0.25, 0.3) is 12.2 Å². The number of nitrogens with one attached hydrogen (secondary N) is 1. The van der Waals surface area contributed by atoms with Gasteiger partial charge in [0, 0.05) is 18.8 Å². The fourth-order valence-electron chi connectivity index (χ4n) is 4.76. The number of benzene rings is 1. The predicted octanol–water partition coefficient (Wildman–Crippen LogP) is 7.82. The Labute approximate surface area is 217 Å². The minimum Gasteiger partial charge on any atom is -0.481 e. The van der Waals surface area contributed by atoms with Crippen LogP contribution in [0.2, 0.25) is 0 Å². The van der Waals surface area contributed by atoms with Crippen molar-refractivity contribution < 1.29 is 14.6 Å². The van der Waals surface area contributed by atoms with Crippen LogP contribution in [0.5, 0.6) is 0 Å². The van der Waals surface area contributed by atoms with Crippen molar-refractivity contribution in [1.29, 1.82) is 0 Å². The van der Waals surface area contributed by atoms with Crippen molar-refractivity contribution in [2.45, 2.75) is 84.7 Å². The van der Waals surface area contributed by atoms with Crippen LogP contribution in [0.4, 0.5) is 5.69 Å². The minimum absolute atomic E-state index is 0.559. The molecular weight excluding hydrogens is 448 g/mol. The number of unbranched alkanes of at least 4 members (excludes halogenated alkanes) is 1. The number of carbonyl (C=O) groups is 1. The average molecular weight is 493 g/mol. The molecule has 1 aromatic heterocycles. The van der Waals surface area contributed by atoms with Crippen LogP contribution in [-0.2, 0) is 16.1 Å². The monoisotopic (exact) mass is 492 g/mol. The maximum atomic E-state index is 11.2. The number of anilines is 1. The standard InChI is InChI=1S/C31H44N2O3/c1-31(2,30(34)35)20-10-21-32-28-16-8-14-26(23-28)18-19-27-15-9-17-29(33-27)24-36-22-7-6-13-25-11-4-3-5-12-25/h8-9,14-19,23,25,32H,3-7,10-13,20-22,24H2,1-2H3,(H,34,35). The van der Waals surface area contributed by atoms with E-state index >= 15 is 0 Å². The van der Waals surface area contributed by atoms with Gasteiger partial charge in [-0.2, -0.15) is 0 Å². The second-order valence-corrected chi connectivity index (χ2v) is 10.8. The number of aliphatic carboxylic acids is 1. The summed E-state index contributed by atoms with van der Waals surface area (Å²) in [6.45, 7) is 5.66. The molecule has 2 N–H and O–H groups in total. The molecule has 1 aliphatic carbocycles. The number of carboxylic acid groups (broad SMARTS) is 1. The molecule has 5 nitrogen and oxygen atoms in total. The van der Waals surface area contributed by atoms with Crippen molar-refractivity contribution in [3.8, 4) is 0 Å². The third-order valence-electron chi connectivity index (χ3n) is 7.17. The summed E-state index contributed by atoms with van der Waals surface area (Å²) in [6.07, 6.45) is 16.5. The van der Waals surface area contributed by atoms with Gasteiger partial charge in [0.1, 0.15) is 0 Å². The van der Waals surface area contributed by atoms with E-state index in [1.165, 1.54) is 44.9 Å². The first-order chi connectivity index (χ1) is 17.4. The zero-order chi connectivity index (χ0) is 25.6. The highest BCUT2D eigenvalue weighted by Crippen LogP contribution is 2.27. The topological polar surface area (TPSA) is 71.5 Å². The minimum atomic E-state index is -0.747. The van der Waals surface area contributed by atoms with Crippen LogP contribution >= 0.6 is 0 Å². The fourth-order valence-corrected chi connectivity index (χ4v) is 4.76. The Kier molecular flexibility index (Phi) is 11.5. The summed E-state index contributed by atoms with van der Waals surface area (Å²) in [6, 6.07) is 14.3. The molecule has 3 rings (SSSR count). The molecule has 0 spiro atoms. The van der Waals surface area contributed by atoms with E-state index in [1.54, 1.807) is 13.8 Å². The third-order valence-corrected chi connectivity index (χ3v) is 7.17. The van der Waals surface area contributed by atoms with Crippen LogP contribution in [0.3, 0.4) is 0 Å². The van der Waals surface area contributed by atoms with Crippen molar-refractivity contribution in [3.05, 3.63) is 59.4 Å². The number of aromatic nitrogens is 1. The molecule has 0 amide bonds. The summed E-state index contributed by atoms with van der Waals surface area (Å²) >= 11 is 0. The Morgan fingerprint density at radius 3 is 2.69 bits per heavy atom. The lowest BCUT2D eigenvalue weighted by atomic mass is 9.86. The van der Waals surface area contributed by atoms with Crippen molar-refractivity contribution in [1.82, 2.24) is 4.98 Å². The molecule has 0 bridgehead atoms. The van der Waals surface area contributed by atoms with E-state index in [2.05, 4.69) is 23.5 Å². The van der Waals surface area contributed by atoms with Crippen molar-refractivity contribution in [2.24, 2.45) is 11.3 Å². The largest absolute Gasteiger partial charge is 0.481 e. The van der Waals surface area contributed by atoms with E-state index in [-0.39, 0.29) is 0 Å². The van der Waals surface area contributed by atoms with Crippen LogP contribution in [0, 0.1) is 11.3 Å². The molecule has 1 heterocycles. The Morgan fingerprint density at radius 2 is 1.89 bits per heavy atom. The summed E-state index contributed by atoms with van der Waals surface area (Å²) < 4.78 is 5.90. The quantitative estimate of drug-likeness (QED) is 0.248. The van der Waals surface area contributed by atoms with Crippen LogP contribution in [0.1, 0.15) is 95.0 Å². The number of hydrogen-bond donors (Lipinski definition) is 2. The first-order valence-corrected chi connectivity index (χ1v) is 13.7. The van der Waals surface area contributed by atoms with Crippen LogP contribution < -0.4 is 5.32 Å². The van der Waals surface area contributed by atoms with Crippen molar-refractivity contribution in [3.63, 3.8) is 0 Å². The molecule has 5 heteroatoms. The molecular formula is C31H44N2O3. The first kappa shape index (κ1) is 27.9. The highest BCUT2D eigenvalue weighted by molar-refractivity contribution is 5.73. The van der Waals surface area contributed by atoms with Gasteiger partial charge >= 0.3 is 5.97 Å². The maximum absolute atomic E-state index is 11.2. The van der Waals surface area contributed by atoms with Gasteiger partial charge in [-0.25, -0.2) is 0 Å². The second-order valence-electron chi connectivity index (χ2n) is 10.8. The van der Waals surface area contributed by atoms with Gasteiger partial charge in [-0.05, 0) is 74.9 Å². The number of pyridine rings is 1. The summed E-state index contributed by atoms with van der Waals surface area (Å²) in [4.78, 5) is 16.0. The van der Waals surface area contributed by atoms with Gasteiger partial charge in [-0.15, -0.1) is 0 Å². The number of rotatable bonds is 15. The van der Waals surface area contributed by atoms with E-state index in [1.807, 2.05) is 36.4 Å². The summed E-state index contributed by atoms with van der Waals surface area (Å²) in [5.74, 6) is 0.209. The van der Waals surface area contributed by atoms with Crippen molar-refractivity contribution >= 4 is 23.8 Å². The second kappa shape index (κ2) is 14.8. The molecule has 1 aromatic carbocycles. The van der Waals surface area contributed by atoms with Gasteiger partial charge < -0.3 is 15.2 Å². The molecule has 0 atom stereocenters. The molecule has 0 saturated heterocycles. The van der Waals surface area contributed by atoms with Crippen LogP contribution in [-0.4, -0.2) is 29.2 Å². The molecule has 196 valence electrons. The van der Waals surface area contributed by atoms with Gasteiger partial charge in [-0.3, -0.25) is 9.78 Å². The molecule has 0 unspecified atom stereocenters. The van der Waals surface area contributed by atoms with Gasteiger partial charge in [0.15, 0.2) is 0 Å². The lowest BCUT2D eigenvalue weighted by Gasteiger charge is -2.21. The predicted molar refractivity (Wildman–Crippen MR) is 149 cm³/mol. The number of nitrogens with zero attached hydrogens (tertiary/aromatic N) is 1. The Balaban J connectivity index is 1.38. The third kappa shape index (κ3) is 10.1. The van der Waals surface area contributed by atoms with E-state index in [9.17, 15) is 9.90 Å². The Morgan fingerprint density at radius 1 is 1.08 bits per heavy atom. The molecule has 1 aliphatic rings. The van der Waals surface area contributed by atoms with Gasteiger partial charge in [0.2, 0.25) is 0 Å². The van der Waals surface area contributed by atoms with E-state index in [0.29, 0.717) is 13.0 Å². The lowest BCUT2D eigenvalue weighted by molar-refractivity contribution is -0.147. The maximum Gasteiger partial charge on any atom is 0.309 e. The van der Waals surface area contributed by atoms with Gasteiger partial charge in [-0.1, -0.05) is 69.2 Å². The van der Waals surface area contributed by atoms with E-state index in [0.717, 1.165) is 54.5 Å². The average Bonchev–Trinajstić information content (AvgIpc) is 2.88. The molecule has 0 aliphatic heterocycles. The molecule has 1 fully saturated rings. The summed E-state index contributed by atoms with van der Waals surface area (Å²) in [7, 11) is 0. The van der Waals surface area contributed by atoms with Crippen LogP contribution in [0.15, 0.2) is 42.5 Å². The zero-order valence-electron chi connectivity index (χ0n) is 22.2. The highest BCUT2D eigenvalue weighted by atomic mass is 16.5. The van der Waals surface area contributed by atoms with Gasteiger partial charge in [0.05, 0.1) is 23.4 Å². The van der Waals surface area contributed by atoms with Gasteiger partial charge in [0.25, 0.3) is 0 Å². The first-order valence-electron chi connectivity index (χ1n) is 13.7. The molecule has 1 saturated carbocycles. The molecule has 36 heavy (non-hydrogen) atoms. The van der Waals surface area contributed by atoms with E-state index < -0.39 is 11.4 Å². The number of ether oxygens (including phenoxy) is 1. The fraction of sp³-hybridized carbons (Fsp3) is 0.548. The lowest BCUT2D eigenvalue weighted by Crippen LogP contribution is -2.24. The Bertz CT molecular complexity index is 964. The van der Waals surface area contributed by atoms with E-state index in [4.69, 9.17) is 9.72 Å². The zero-order valence-corrected chi connectivity index (χ0v) is 22.2. The normalized spacial score (nSPS) is 14.8. The highest BCUT2D eigenvalue weighted by Gasteiger charge is 2.25. The summed E-state index contributed by atoms with van der Waals surface area (Å²) in [5.41, 5.74) is 3.32.